The van der Waals surface area contributed by atoms with Crippen molar-refractivity contribution in [3.63, 3.8) is 0 Å². The van der Waals surface area contributed by atoms with Crippen LogP contribution in [0.5, 0.6) is 0 Å². The SMILES string of the molecule is COC(=O)c1c(C)[nH]c(C(=O)[C@@H](C)[NH+]2C[C@@H](C)O[C@H](C)C2)c1C. The molecule has 0 amide bonds. The summed E-state index contributed by atoms with van der Waals surface area (Å²) >= 11 is 0. The first-order valence-electron chi connectivity index (χ1n) is 8.08. The average molecular weight is 323 g/mol. The number of H-pyrrole nitrogens is 1. The molecule has 23 heavy (non-hydrogen) atoms. The highest BCUT2D eigenvalue weighted by Gasteiger charge is 2.35. The van der Waals surface area contributed by atoms with Gasteiger partial charge in [-0.1, -0.05) is 0 Å². The van der Waals surface area contributed by atoms with Gasteiger partial charge in [-0.25, -0.2) is 4.79 Å². The molecule has 0 radical (unpaired) electrons. The van der Waals surface area contributed by atoms with Crippen molar-refractivity contribution in [2.75, 3.05) is 20.2 Å². The zero-order valence-electron chi connectivity index (χ0n) is 14.8. The number of carbonyl (C=O) groups excluding carboxylic acids is 2. The van der Waals surface area contributed by atoms with Crippen LogP contribution in [0.4, 0.5) is 0 Å². The molecule has 6 heteroatoms. The lowest BCUT2D eigenvalue weighted by Gasteiger charge is -2.35. The van der Waals surface area contributed by atoms with Crippen molar-refractivity contribution in [3.05, 3.63) is 22.5 Å². The number of quaternary nitrogens is 1. The van der Waals surface area contributed by atoms with E-state index < -0.39 is 5.97 Å². The second-order valence-corrected chi connectivity index (χ2v) is 6.53. The van der Waals surface area contributed by atoms with E-state index in [9.17, 15) is 9.59 Å². The van der Waals surface area contributed by atoms with Gasteiger partial charge in [0.1, 0.15) is 25.3 Å². The summed E-state index contributed by atoms with van der Waals surface area (Å²) in [5.41, 5.74) is 2.31. The Morgan fingerprint density at radius 2 is 1.83 bits per heavy atom. The summed E-state index contributed by atoms with van der Waals surface area (Å²) in [4.78, 5) is 29.1. The van der Waals surface area contributed by atoms with Crippen LogP contribution in [-0.4, -0.2) is 55.2 Å². The largest absolute Gasteiger partial charge is 0.465 e. The molecule has 0 spiro atoms. The third-order valence-corrected chi connectivity index (χ3v) is 4.64. The van der Waals surface area contributed by atoms with Crippen LogP contribution in [0, 0.1) is 13.8 Å². The zero-order chi connectivity index (χ0) is 17.3. The molecule has 1 aromatic rings. The van der Waals surface area contributed by atoms with Crippen molar-refractivity contribution < 1.29 is 24.0 Å². The summed E-state index contributed by atoms with van der Waals surface area (Å²) in [6.07, 6.45) is 0.280. The maximum atomic E-state index is 12.9. The number of rotatable bonds is 4. The van der Waals surface area contributed by atoms with Crippen LogP contribution in [0.2, 0.25) is 0 Å². The van der Waals surface area contributed by atoms with Gasteiger partial charge in [-0.3, -0.25) is 4.79 Å². The quantitative estimate of drug-likeness (QED) is 0.631. The predicted octanol–water partition coefficient (Wildman–Crippen LogP) is 0.681. The Balaban J connectivity index is 2.25. The number of aromatic amines is 1. The number of aromatic nitrogens is 1. The number of aryl methyl sites for hydroxylation is 1. The minimum Gasteiger partial charge on any atom is -0.465 e. The Kier molecular flexibility index (Phi) is 5.26. The molecule has 1 aliphatic rings. The number of carbonyl (C=O) groups is 2. The van der Waals surface area contributed by atoms with Crippen LogP contribution in [0.25, 0.3) is 0 Å². The Morgan fingerprint density at radius 3 is 2.35 bits per heavy atom. The summed E-state index contributed by atoms with van der Waals surface area (Å²) in [6, 6.07) is -0.189. The molecule has 1 aromatic heterocycles. The Hall–Kier alpha value is -1.66. The van der Waals surface area contributed by atoms with Gasteiger partial charge in [-0.15, -0.1) is 0 Å². The standard InChI is InChI=1S/C17H26N2O4/c1-9-7-19(8-10(2)23-9)13(5)16(20)15-11(3)14(12(4)18-15)17(21)22-6/h9-10,13,18H,7-8H2,1-6H3/p+1/t9-,10-,13-/m1/s1. The number of methoxy groups -OCH3 is 1. The van der Waals surface area contributed by atoms with E-state index in [4.69, 9.17) is 9.47 Å². The van der Waals surface area contributed by atoms with Gasteiger partial charge in [0.25, 0.3) is 0 Å². The van der Waals surface area contributed by atoms with Gasteiger partial charge in [-0.2, -0.15) is 0 Å². The summed E-state index contributed by atoms with van der Waals surface area (Å²) in [7, 11) is 1.35. The molecule has 1 fully saturated rings. The van der Waals surface area contributed by atoms with Crippen molar-refractivity contribution in [2.24, 2.45) is 0 Å². The lowest BCUT2D eigenvalue weighted by atomic mass is 10.0. The highest BCUT2D eigenvalue weighted by molar-refractivity contribution is 6.03. The molecular formula is C17H27N2O4+. The van der Waals surface area contributed by atoms with Gasteiger partial charge in [0.15, 0.2) is 6.04 Å². The molecule has 0 bridgehead atoms. The molecule has 2 heterocycles. The third kappa shape index (κ3) is 3.48. The number of ketones is 1. The Bertz CT molecular complexity index is 598. The normalized spacial score (nSPS) is 25.9. The van der Waals surface area contributed by atoms with E-state index in [0.717, 1.165) is 13.1 Å². The Morgan fingerprint density at radius 1 is 1.26 bits per heavy atom. The maximum Gasteiger partial charge on any atom is 0.339 e. The molecule has 6 nitrogen and oxygen atoms in total. The first-order chi connectivity index (χ1) is 10.8. The summed E-state index contributed by atoms with van der Waals surface area (Å²) < 4.78 is 10.5. The monoisotopic (exact) mass is 323 g/mol. The highest BCUT2D eigenvalue weighted by atomic mass is 16.5. The van der Waals surface area contributed by atoms with Crippen molar-refractivity contribution >= 4 is 11.8 Å². The molecule has 1 saturated heterocycles. The fraction of sp³-hybridized carbons (Fsp3) is 0.647. The fourth-order valence-electron chi connectivity index (χ4n) is 3.47. The fourth-order valence-corrected chi connectivity index (χ4v) is 3.47. The first-order valence-corrected chi connectivity index (χ1v) is 8.08. The van der Waals surface area contributed by atoms with E-state index in [-0.39, 0.29) is 24.0 Å². The first kappa shape index (κ1) is 17.7. The van der Waals surface area contributed by atoms with E-state index in [1.54, 1.807) is 13.8 Å². The minimum absolute atomic E-state index is 0.0250. The van der Waals surface area contributed by atoms with Crippen molar-refractivity contribution in [1.29, 1.82) is 0 Å². The summed E-state index contributed by atoms with van der Waals surface area (Å²) in [5, 5.41) is 0. The average Bonchev–Trinajstić information content (AvgIpc) is 2.79. The van der Waals surface area contributed by atoms with Crippen molar-refractivity contribution in [1.82, 2.24) is 4.98 Å². The van der Waals surface area contributed by atoms with Crippen molar-refractivity contribution in [2.45, 2.75) is 52.9 Å². The maximum absolute atomic E-state index is 12.9. The molecule has 0 aromatic carbocycles. The third-order valence-electron chi connectivity index (χ3n) is 4.64. The van der Waals surface area contributed by atoms with E-state index in [1.807, 2.05) is 20.8 Å². The van der Waals surface area contributed by atoms with Gasteiger partial charge in [0, 0.05) is 5.69 Å². The predicted molar refractivity (Wildman–Crippen MR) is 86.1 cm³/mol. The topological polar surface area (TPSA) is 72.8 Å². The van der Waals surface area contributed by atoms with E-state index in [1.165, 1.54) is 12.0 Å². The Labute approximate surface area is 137 Å². The van der Waals surface area contributed by atoms with Crippen LogP contribution in [0.3, 0.4) is 0 Å². The molecule has 0 unspecified atom stereocenters. The number of esters is 1. The van der Waals surface area contributed by atoms with E-state index in [0.29, 0.717) is 22.5 Å². The zero-order valence-corrected chi connectivity index (χ0v) is 14.8. The molecule has 2 N–H and O–H groups in total. The van der Waals surface area contributed by atoms with Crippen LogP contribution < -0.4 is 4.90 Å². The lowest BCUT2D eigenvalue weighted by molar-refractivity contribution is -0.928. The van der Waals surface area contributed by atoms with Gasteiger partial charge in [0.2, 0.25) is 5.78 Å². The molecule has 3 atom stereocenters. The van der Waals surface area contributed by atoms with Crippen LogP contribution in [0.1, 0.15) is 52.9 Å². The van der Waals surface area contributed by atoms with E-state index in [2.05, 4.69) is 4.98 Å². The highest BCUT2D eigenvalue weighted by Crippen LogP contribution is 2.20. The molecule has 1 aliphatic heterocycles. The number of hydrogen-bond donors (Lipinski definition) is 2. The molecular weight excluding hydrogens is 296 g/mol. The number of hydrogen-bond acceptors (Lipinski definition) is 4. The van der Waals surface area contributed by atoms with Gasteiger partial charge >= 0.3 is 5.97 Å². The van der Waals surface area contributed by atoms with Gasteiger partial charge < -0.3 is 19.4 Å². The van der Waals surface area contributed by atoms with E-state index >= 15 is 0 Å². The lowest BCUT2D eigenvalue weighted by Crippen LogP contribution is -3.19. The second kappa shape index (κ2) is 6.84. The van der Waals surface area contributed by atoms with Gasteiger partial charge in [-0.05, 0) is 40.2 Å². The summed E-state index contributed by atoms with van der Waals surface area (Å²) in [6.45, 7) is 11.2. The molecule has 128 valence electrons. The van der Waals surface area contributed by atoms with Crippen molar-refractivity contribution in [3.8, 4) is 0 Å². The van der Waals surface area contributed by atoms with Crippen LogP contribution in [-0.2, 0) is 9.47 Å². The number of ether oxygens (including phenoxy) is 2. The number of nitrogens with one attached hydrogen (secondary N) is 2. The molecule has 0 aliphatic carbocycles. The second-order valence-electron chi connectivity index (χ2n) is 6.53. The van der Waals surface area contributed by atoms with Gasteiger partial charge in [0.05, 0.1) is 18.4 Å². The minimum atomic E-state index is -0.413. The summed E-state index contributed by atoms with van der Waals surface area (Å²) in [5.74, 6) is -0.388. The number of morpholine rings is 1. The molecule has 2 rings (SSSR count). The van der Waals surface area contributed by atoms with Crippen LogP contribution in [0.15, 0.2) is 0 Å². The van der Waals surface area contributed by atoms with Crippen LogP contribution >= 0.6 is 0 Å². The number of Topliss-reactive ketones (excluding diaryl/α,β-unsaturated/α-hetero) is 1. The smallest absolute Gasteiger partial charge is 0.339 e. The molecule has 0 saturated carbocycles.